The van der Waals surface area contributed by atoms with Gasteiger partial charge in [-0.3, -0.25) is 4.79 Å². The third kappa shape index (κ3) is 5.59. The van der Waals surface area contributed by atoms with E-state index < -0.39 is 18.8 Å². The molecule has 0 bridgehead atoms. The maximum absolute atomic E-state index is 12.4. The van der Waals surface area contributed by atoms with Gasteiger partial charge in [0.1, 0.15) is 12.3 Å². The zero-order valence-corrected chi connectivity index (χ0v) is 15.7. The molecular weight excluding hydrogens is 377 g/mol. The summed E-state index contributed by atoms with van der Waals surface area (Å²) < 4.78 is 45.5. The number of ether oxygens (including phenoxy) is 2. The van der Waals surface area contributed by atoms with E-state index in [4.69, 9.17) is 4.74 Å². The van der Waals surface area contributed by atoms with Gasteiger partial charge in [-0.15, -0.1) is 0 Å². The minimum absolute atomic E-state index is 0.149. The third-order valence-corrected chi connectivity index (χ3v) is 4.06. The molecule has 0 saturated carbocycles. The van der Waals surface area contributed by atoms with Gasteiger partial charge < -0.3 is 19.8 Å². The smallest absolute Gasteiger partial charge is 0.411 e. The maximum Gasteiger partial charge on any atom is 0.411 e. The molecule has 1 aromatic carbocycles. The molecule has 0 aliphatic heterocycles. The number of hydrogen-bond donors (Lipinski definition) is 2. The lowest BCUT2D eigenvalue weighted by Crippen LogP contribution is -2.24. The summed E-state index contributed by atoms with van der Waals surface area (Å²) in [7, 11) is 1.27. The Hall–Kier alpha value is -2.81. The summed E-state index contributed by atoms with van der Waals surface area (Å²) in [5.41, 5.74) is 3.00. The number of carbonyl (C=O) groups is 2. The van der Waals surface area contributed by atoms with Crippen LogP contribution in [0, 0.1) is 13.8 Å². The van der Waals surface area contributed by atoms with Gasteiger partial charge in [-0.05, 0) is 30.5 Å². The quantitative estimate of drug-likeness (QED) is 0.701. The van der Waals surface area contributed by atoms with Crippen molar-refractivity contribution in [2.24, 2.45) is 0 Å². The number of carbonyl (C=O) groups excluding carboxylic acids is 2. The first-order chi connectivity index (χ1) is 13.1. The number of nitrogens with one attached hydrogen (secondary N) is 2. The molecule has 0 radical (unpaired) electrons. The topological polar surface area (TPSA) is 80.4 Å². The summed E-state index contributed by atoms with van der Waals surface area (Å²) in [4.78, 5) is 27.1. The van der Waals surface area contributed by atoms with Crippen molar-refractivity contribution < 1.29 is 32.2 Å². The van der Waals surface area contributed by atoms with Crippen LogP contribution in [-0.2, 0) is 22.6 Å². The Bertz CT molecular complexity index is 842. The van der Waals surface area contributed by atoms with E-state index in [1.54, 1.807) is 38.1 Å². The van der Waals surface area contributed by atoms with Crippen LogP contribution in [0.25, 0.3) is 0 Å². The summed E-state index contributed by atoms with van der Waals surface area (Å²) >= 11 is 0. The minimum atomic E-state index is -4.35. The monoisotopic (exact) mass is 398 g/mol. The van der Waals surface area contributed by atoms with Crippen LogP contribution in [0.2, 0.25) is 0 Å². The highest BCUT2D eigenvalue weighted by Gasteiger charge is 2.27. The summed E-state index contributed by atoms with van der Waals surface area (Å²) in [6.45, 7) is 2.10. The lowest BCUT2D eigenvalue weighted by atomic mass is 10.1. The van der Waals surface area contributed by atoms with Gasteiger partial charge in [0.15, 0.2) is 0 Å². The van der Waals surface area contributed by atoms with E-state index in [-0.39, 0.29) is 24.8 Å². The molecule has 0 spiro atoms. The van der Waals surface area contributed by atoms with Crippen LogP contribution in [0.5, 0.6) is 0 Å². The van der Waals surface area contributed by atoms with Crippen LogP contribution in [0.3, 0.4) is 0 Å². The number of aromatic nitrogens is 1. The highest BCUT2D eigenvalue weighted by atomic mass is 19.4. The molecule has 0 fully saturated rings. The average Bonchev–Trinajstić information content (AvgIpc) is 2.93. The Morgan fingerprint density at radius 2 is 1.71 bits per heavy atom. The third-order valence-electron chi connectivity index (χ3n) is 4.06. The number of aromatic amines is 1. The van der Waals surface area contributed by atoms with Crippen molar-refractivity contribution in [3.05, 3.63) is 57.9 Å². The van der Waals surface area contributed by atoms with Crippen molar-refractivity contribution in [1.29, 1.82) is 0 Å². The van der Waals surface area contributed by atoms with Gasteiger partial charge in [0.2, 0.25) is 0 Å². The van der Waals surface area contributed by atoms with Gasteiger partial charge in [-0.1, -0.05) is 24.3 Å². The van der Waals surface area contributed by atoms with Gasteiger partial charge >= 0.3 is 12.1 Å². The fourth-order valence-corrected chi connectivity index (χ4v) is 2.69. The Labute approximate surface area is 160 Å². The molecule has 1 amide bonds. The molecule has 2 aromatic rings. The highest BCUT2D eigenvalue weighted by molar-refractivity contribution is 6.00. The van der Waals surface area contributed by atoms with Crippen molar-refractivity contribution in [2.45, 2.75) is 33.2 Å². The Balaban J connectivity index is 1.94. The van der Waals surface area contributed by atoms with E-state index in [0.29, 0.717) is 22.4 Å². The second-order valence-electron chi connectivity index (χ2n) is 6.22. The Kier molecular flexibility index (Phi) is 6.85. The van der Waals surface area contributed by atoms with Crippen LogP contribution in [0.4, 0.5) is 13.2 Å². The number of hydrogen-bond acceptors (Lipinski definition) is 4. The first-order valence-electron chi connectivity index (χ1n) is 8.40. The van der Waals surface area contributed by atoms with Crippen LogP contribution < -0.4 is 5.32 Å². The summed E-state index contributed by atoms with van der Waals surface area (Å²) in [5.74, 6) is -0.901. The molecule has 0 saturated heterocycles. The molecule has 1 heterocycles. The fraction of sp³-hybridized carbons (Fsp3) is 0.368. The predicted octanol–water partition coefficient (Wildman–Crippen LogP) is 3.43. The van der Waals surface area contributed by atoms with Crippen molar-refractivity contribution >= 4 is 11.9 Å². The molecule has 6 nitrogen and oxygen atoms in total. The number of aryl methyl sites for hydroxylation is 1. The molecule has 28 heavy (non-hydrogen) atoms. The highest BCUT2D eigenvalue weighted by Crippen LogP contribution is 2.19. The average molecular weight is 398 g/mol. The predicted molar refractivity (Wildman–Crippen MR) is 94.9 cm³/mol. The van der Waals surface area contributed by atoms with E-state index in [0.717, 1.165) is 5.56 Å². The van der Waals surface area contributed by atoms with Crippen LogP contribution in [0.15, 0.2) is 24.3 Å². The number of benzene rings is 1. The van der Waals surface area contributed by atoms with Gasteiger partial charge in [-0.25, -0.2) is 4.79 Å². The fourth-order valence-electron chi connectivity index (χ4n) is 2.69. The van der Waals surface area contributed by atoms with Gasteiger partial charge in [0.05, 0.1) is 19.3 Å². The van der Waals surface area contributed by atoms with Gasteiger partial charge in [-0.2, -0.15) is 13.2 Å². The van der Waals surface area contributed by atoms with Crippen molar-refractivity contribution in [2.75, 3.05) is 13.7 Å². The Morgan fingerprint density at radius 1 is 1.11 bits per heavy atom. The van der Waals surface area contributed by atoms with E-state index >= 15 is 0 Å². The molecular formula is C19H21F3N2O4. The molecule has 0 unspecified atom stereocenters. The van der Waals surface area contributed by atoms with E-state index in [1.165, 1.54) is 7.11 Å². The van der Waals surface area contributed by atoms with Crippen LogP contribution >= 0.6 is 0 Å². The molecule has 0 atom stereocenters. The molecule has 1 aromatic heterocycles. The second-order valence-corrected chi connectivity index (χ2v) is 6.22. The first-order valence-corrected chi connectivity index (χ1v) is 8.40. The molecule has 9 heteroatoms. The normalized spacial score (nSPS) is 11.4. The maximum atomic E-state index is 12.4. The number of amides is 1. The molecule has 2 N–H and O–H groups in total. The molecule has 152 valence electrons. The number of methoxy groups -OCH3 is 1. The summed E-state index contributed by atoms with van der Waals surface area (Å²) in [5, 5.41) is 2.73. The van der Waals surface area contributed by atoms with Crippen LogP contribution in [0.1, 0.15) is 43.2 Å². The Morgan fingerprint density at radius 3 is 2.29 bits per heavy atom. The van der Waals surface area contributed by atoms with Crippen LogP contribution in [-0.4, -0.2) is 36.8 Å². The molecule has 0 aliphatic carbocycles. The van der Waals surface area contributed by atoms with Crippen molar-refractivity contribution in [1.82, 2.24) is 10.3 Å². The van der Waals surface area contributed by atoms with Crippen molar-refractivity contribution in [3.63, 3.8) is 0 Å². The minimum Gasteiger partial charge on any atom is -0.465 e. The first kappa shape index (κ1) is 21.5. The lowest BCUT2D eigenvalue weighted by Gasteiger charge is -2.09. The zero-order chi connectivity index (χ0) is 20.9. The number of halogens is 3. The largest absolute Gasteiger partial charge is 0.465 e. The van der Waals surface area contributed by atoms with E-state index in [2.05, 4.69) is 15.0 Å². The molecule has 0 aliphatic rings. The number of esters is 1. The number of alkyl halides is 3. The number of rotatable bonds is 7. The van der Waals surface area contributed by atoms with E-state index in [9.17, 15) is 22.8 Å². The van der Waals surface area contributed by atoms with Gasteiger partial charge in [0.25, 0.3) is 5.91 Å². The van der Waals surface area contributed by atoms with Gasteiger partial charge in [0, 0.05) is 12.2 Å². The molecule has 2 rings (SSSR count). The standard InChI is InChI=1S/C19H21F3N2O4/c1-11-15(18(26)27-3)12(2)24-16(11)17(25)23-8-13-4-6-14(7-5-13)9-28-10-19(20,21)22/h4-7,24H,8-10H2,1-3H3,(H,23,25). The van der Waals surface area contributed by atoms with E-state index in [1.807, 2.05) is 0 Å². The summed E-state index contributed by atoms with van der Waals surface area (Å²) in [6, 6.07) is 6.66. The van der Waals surface area contributed by atoms with Crippen molar-refractivity contribution in [3.8, 4) is 0 Å². The zero-order valence-electron chi connectivity index (χ0n) is 15.7. The SMILES string of the molecule is COC(=O)c1c(C)[nH]c(C(=O)NCc2ccc(COCC(F)(F)F)cc2)c1C. The summed E-state index contributed by atoms with van der Waals surface area (Å²) in [6.07, 6.45) is -4.35. The number of H-pyrrole nitrogens is 1. The lowest BCUT2D eigenvalue weighted by molar-refractivity contribution is -0.176. The second kappa shape index (κ2) is 8.92.